The fraction of sp³-hybridized carbons (Fsp3) is 0.688. The Morgan fingerprint density at radius 1 is 1.43 bits per heavy atom. The van der Waals surface area contributed by atoms with E-state index in [0.717, 1.165) is 31.5 Å². The van der Waals surface area contributed by atoms with Crippen molar-refractivity contribution in [2.24, 2.45) is 0 Å². The van der Waals surface area contributed by atoms with Gasteiger partial charge in [-0.15, -0.1) is 0 Å². The Morgan fingerprint density at radius 2 is 2.17 bits per heavy atom. The van der Waals surface area contributed by atoms with Crippen molar-refractivity contribution in [3.8, 4) is 0 Å². The third-order valence-corrected chi connectivity index (χ3v) is 3.77. The van der Waals surface area contributed by atoms with Gasteiger partial charge in [-0.05, 0) is 53.0 Å². The number of carbonyl (C=O) groups excluding carboxylic acids is 1. The molecule has 0 bridgehead atoms. The predicted molar refractivity (Wildman–Crippen MR) is 91.0 cm³/mol. The highest BCUT2D eigenvalue weighted by Crippen LogP contribution is 2.23. The number of anilines is 1. The summed E-state index contributed by atoms with van der Waals surface area (Å²) in [5, 5.41) is 3.29. The smallest absolute Gasteiger partial charge is 0.407 e. The van der Waals surface area contributed by atoms with Crippen molar-refractivity contribution >= 4 is 23.6 Å². The normalized spacial score (nSPS) is 18.7. The van der Waals surface area contributed by atoms with E-state index in [9.17, 15) is 4.79 Å². The molecule has 2 heterocycles. The first kappa shape index (κ1) is 17.8. The summed E-state index contributed by atoms with van der Waals surface area (Å²) in [4.78, 5) is 22.8. The van der Waals surface area contributed by atoms with Gasteiger partial charge in [0, 0.05) is 24.8 Å². The number of hydrogen-bond donors (Lipinski definition) is 1. The molecule has 6 nitrogen and oxygen atoms in total. The summed E-state index contributed by atoms with van der Waals surface area (Å²) >= 11 is 6.05. The quantitative estimate of drug-likeness (QED) is 0.855. The minimum absolute atomic E-state index is 0.147. The highest BCUT2D eigenvalue weighted by atomic mass is 35.5. The zero-order valence-corrected chi connectivity index (χ0v) is 15.0. The number of amides is 1. The van der Waals surface area contributed by atoms with Crippen molar-refractivity contribution in [3.63, 3.8) is 0 Å². The summed E-state index contributed by atoms with van der Waals surface area (Å²) in [5.74, 6) is 0.630. The van der Waals surface area contributed by atoms with Crippen molar-refractivity contribution in [2.45, 2.75) is 58.6 Å². The van der Waals surface area contributed by atoms with E-state index in [4.69, 9.17) is 16.3 Å². The van der Waals surface area contributed by atoms with Gasteiger partial charge in [-0.25, -0.2) is 14.8 Å². The minimum atomic E-state index is -0.497. The van der Waals surface area contributed by atoms with Gasteiger partial charge in [0.2, 0.25) is 5.95 Å². The van der Waals surface area contributed by atoms with Crippen molar-refractivity contribution in [3.05, 3.63) is 16.9 Å². The second-order valence-electron chi connectivity index (χ2n) is 6.86. The Kier molecular flexibility index (Phi) is 5.68. The molecule has 1 aliphatic rings. The maximum Gasteiger partial charge on any atom is 0.407 e. The number of rotatable bonds is 3. The molecule has 1 aromatic rings. The van der Waals surface area contributed by atoms with Crippen LogP contribution in [-0.4, -0.2) is 40.8 Å². The monoisotopic (exact) mass is 340 g/mol. The van der Waals surface area contributed by atoms with Gasteiger partial charge in [0.1, 0.15) is 10.8 Å². The zero-order valence-electron chi connectivity index (χ0n) is 14.2. The Hall–Kier alpha value is -1.56. The maximum atomic E-state index is 11.8. The standard InChI is InChI=1S/C16H25ClN4O2/c1-11-9-13(17)20-14(19-11)21-8-6-5-7-12(21)10-18-15(22)23-16(2,3)4/h9,12H,5-8,10H2,1-4H3,(H,18,22)/t12-/m0/s1. The van der Waals surface area contributed by atoms with Crippen LogP contribution in [0.2, 0.25) is 5.15 Å². The molecule has 0 aliphatic carbocycles. The van der Waals surface area contributed by atoms with Gasteiger partial charge < -0.3 is 15.0 Å². The largest absolute Gasteiger partial charge is 0.444 e. The van der Waals surface area contributed by atoms with E-state index in [1.807, 2.05) is 27.7 Å². The van der Waals surface area contributed by atoms with Crippen LogP contribution in [0.15, 0.2) is 6.07 Å². The Morgan fingerprint density at radius 3 is 2.83 bits per heavy atom. The average Bonchev–Trinajstić information content (AvgIpc) is 2.42. The molecule has 1 saturated heterocycles. The number of nitrogens with zero attached hydrogens (tertiary/aromatic N) is 3. The average molecular weight is 341 g/mol. The molecule has 0 unspecified atom stereocenters. The number of halogens is 1. The fourth-order valence-corrected chi connectivity index (χ4v) is 2.87. The summed E-state index contributed by atoms with van der Waals surface area (Å²) < 4.78 is 5.29. The third-order valence-electron chi connectivity index (χ3n) is 3.58. The SMILES string of the molecule is Cc1cc(Cl)nc(N2CCCC[C@H]2CNC(=O)OC(C)(C)C)n1. The lowest BCUT2D eigenvalue weighted by atomic mass is 10.0. The van der Waals surface area contributed by atoms with Gasteiger partial charge in [-0.1, -0.05) is 11.6 Å². The topological polar surface area (TPSA) is 67.4 Å². The third kappa shape index (κ3) is 5.53. The molecule has 7 heteroatoms. The first-order chi connectivity index (χ1) is 10.7. The summed E-state index contributed by atoms with van der Waals surface area (Å²) in [6.45, 7) is 8.81. The molecule has 1 atom stereocenters. The highest BCUT2D eigenvalue weighted by Gasteiger charge is 2.26. The molecule has 0 saturated carbocycles. The number of nitrogens with one attached hydrogen (secondary N) is 1. The zero-order chi connectivity index (χ0) is 17.0. The van der Waals surface area contributed by atoms with Crippen LogP contribution in [0.25, 0.3) is 0 Å². The molecule has 2 rings (SSSR count). The Labute approximate surface area is 142 Å². The van der Waals surface area contributed by atoms with Crippen molar-refractivity contribution in [1.29, 1.82) is 0 Å². The maximum absolute atomic E-state index is 11.8. The van der Waals surface area contributed by atoms with E-state index in [-0.39, 0.29) is 6.04 Å². The molecular formula is C16H25ClN4O2. The lowest BCUT2D eigenvalue weighted by molar-refractivity contribution is 0.0522. The van der Waals surface area contributed by atoms with Gasteiger partial charge in [0.05, 0.1) is 0 Å². The summed E-state index contributed by atoms with van der Waals surface area (Å²) in [5.41, 5.74) is 0.341. The van der Waals surface area contributed by atoms with E-state index >= 15 is 0 Å². The number of piperidine rings is 1. The molecular weight excluding hydrogens is 316 g/mol. The van der Waals surface area contributed by atoms with Crippen LogP contribution in [-0.2, 0) is 4.74 Å². The molecule has 1 amide bonds. The summed E-state index contributed by atoms with van der Waals surface area (Å²) in [6.07, 6.45) is 2.78. The number of aromatic nitrogens is 2. The van der Waals surface area contributed by atoms with Gasteiger partial charge in [-0.3, -0.25) is 0 Å². The molecule has 1 N–H and O–H groups in total. The molecule has 0 spiro atoms. The summed E-state index contributed by atoms with van der Waals surface area (Å²) in [6, 6.07) is 1.89. The lowest BCUT2D eigenvalue weighted by Gasteiger charge is -2.36. The number of aryl methyl sites for hydroxylation is 1. The van der Waals surface area contributed by atoms with Crippen molar-refractivity contribution in [2.75, 3.05) is 18.0 Å². The fourth-order valence-electron chi connectivity index (χ4n) is 2.64. The van der Waals surface area contributed by atoms with Gasteiger partial charge in [0.15, 0.2) is 0 Å². The number of alkyl carbamates (subject to hydrolysis) is 1. The van der Waals surface area contributed by atoms with Crippen LogP contribution in [0.1, 0.15) is 45.7 Å². The van der Waals surface area contributed by atoms with Crippen LogP contribution in [0.3, 0.4) is 0 Å². The van der Waals surface area contributed by atoms with Gasteiger partial charge >= 0.3 is 6.09 Å². The molecule has 128 valence electrons. The van der Waals surface area contributed by atoms with Crippen molar-refractivity contribution in [1.82, 2.24) is 15.3 Å². The molecule has 1 aliphatic heterocycles. The first-order valence-corrected chi connectivity index (χ1v) is 8.37. The van der Waals surface area contributed by atoms with Crippen LogP contribution in [0.4, 0.5) is 10.7 Å². The van der Waals surface area contributed by atoms with Crippen LogP contribution < -0.4 is 10.2 Å². The first-order valence-electron chi connectivity index (χ1n) is 7.99. The van der Waals surface area contributed by atoms with Crippen LogP contribution >= 0.6 is 11.6 Å². The van der Waals surface area contributed by atoms with E-state index in [2.05, 4.69) is 20.2 Å². The highest BCUT2D eigenvalue weighted by molar-refractivity contribution is 6.29. The predicted octanol–water partition coefficient (Wildman–Crippen LogP) is 3.32. The molecule has 0 radical (unpaired) electrons. The molecule has 1 fully saturated rings. The van der Waals surface area contributed by atoms with Crippen LogP contribution in [0.5, 0.6) is 0 Å². The van der Waals surface area contributed by atoms with E-state index in [1.165, 1.54) is 0 Å². The molecule has 23 heavy (non-hydrogen) atoms. The molecule has 1 aromatic heterocycles. The van der Waals surface area contributed by atoms with E-state index < -0.39 is 11.7 Å². The number of ether oxygens (including phenoxy) is 1. The van der Waals surface area contributed by atoms with Crippen LogP contribution in [0, 0.1) is 6.92 Å². The van der Waals surface area contributed by atoms with Gasteiger partial charge in [0.25, 0.3) is 0 Å². The van der Waals surface area contributed by atoms with E-state index in [1.54, 1.807) is 6.07 Å². The Bertz CT molecular complexity index is 539. The Balaban J connectivity index is 2.02. The van der Waals surface area contributed by atoms with Crippen molar-refractivity contribution < 1.29 is 9.53 Å². The second-order valence-corrected chi connectivity index (χ2v) is 7.25. The van der Waals surface area contributed by atoms with E-state index in [0.29, 0.717) is 17.6 Å². The summed E-state index contributed by atoms with van der Waals surface area (Å²) in [7, 11) is 0. The number of carbonyl (C=O) groups is 1. The van der Waals surface area contributed by atoms with Gasteiger partial charge in [-0.2, -0.15) is 0 Å². The molecule has 0 aromatic carbocycles. The minimum Gasteiger partial charge on any atom is -0.444 e. The second kappa shape index (κ2) is 7.34. The lowest BCUT2D eigenvalue weighted by Crippen LogP contribution is -2.48. The number of hydrogen-bond acceptors (Lipinski definition) is 5.